The molecule has 0 N–H and O–H groups in total. The molecule has 0 aliphatic rings. The van der Waals surface area contributed by atoms with Gasteiger partial charge in [0.2, 0.25) is 0 Å². The molecule has 0 aliphatic heterocycles. The molecule has 0 aromatic carbocycles. The van der Waals surface area contributed by atoms with Crippen molar-refractivity contribution in [2.75, 3.05) is 0 Å². The predicted octanol–water partition coefficient (Wildman–Crippen LogP) is -4.87. The van der Waals surface area contributed by atoms with Crippen molar-refractivity contribution in [1.82, 2.24) is 0 Å². The molecule has 0 aromatic heterocycles. The molecule has 0 heterocycles. The van der Waals surface area contributed by atoms with Crippen LogP contribution in [0.1, 0.15) is 1.43 Å². The molecule has 2 radical (unpaired) electrons. The van der Waals surface area contributed by atoms with Gasteiger partial charge in [-0.2, -0.15) is 13.5 Å². The first-order valence-electron chi connectivity index (χ1n) is 0. The molecular formula is H8AsLiSSn. The Kier molecular flexibility index (Phi) is 155. The Bertz CT molecular complexity index is 11.6. The second-order valence-corrected chi connectivity index (χ2v) is 0. The first kappa shape index (κ1) is 33.4. The van der Waals surface area contributed by atoms with Gasteiger partial charge in [-0.3, -0.25) is 0 Å². The SMILES string of the molecule is S.[AsH3].[H-].[Li+].[SnH2]. The molecule has 0 spiro atoms. The zero-order chi connectivity index (χ0) is 0. The Hall–Kier alpha value is 2.30. The van der Waals surface area contributed by atoms with Crippen molar-refractivity contribution in [3.8, 4) is 0 Å². The van der Waals surface area contributed by atoms with Crippen molar-refractivity contribution < 1.29 is 20.3 Å². The van der Waals surface area contributed by atoms with Gasteiger partial charge in [0.1, 0.15) is 0 Å². The second kappa shape index (κ2) is 18.5. The summed E-state index contributed by atoms with van der Waals surface area (Å²) >= 11 is 0. The molecule has 4 heavy (non-hydrogen) atoms. The average molecular weight is 241 g/mol. The molecule has 0 saturated carbocycles. The van der Waals surface area contributed by atoms with Crippen LogP contribution >= 0.6 is 13.5 Å². The third-order valence-corrected chi connectivity index (χ3v) is 0. The molecule has 0 bridgehead atoms. The summed E-state index contributed by atoms with van der Waals surface area (Å²) in [7, 11) is 0. The minimum atomic E-state index is 0. The number of hydrogen-bond acceptors (Lipinski definition) is 0. The molecule has 0 saturated heterocycles. The quantitative estimate of drug-likeness (QED) is 0.373. The topological polar surface area (TPSA) is 0 Å². The molecule has 4 heteroatoms. The molecule has 1 unspecified atom stereocenters. The van der Waals surface area contributed by atoms with E-state index in [1.807, 2.05) is 0 Å². The van der Waals surface area contributed by atoms with Crippen LogP contribution in [0.2, 0.25) is 0 Å². The van der Waals surface area contributed by atoms with E-state index in [-0.39, 0.29) is 75.6 Å². The molecule has 0 rings (SSSR count). The van der Waals surface area contributed by atoms with Crippen LogP contribution in [0.5, 0.6) is 0 Å². The van der Waals surface area contributed by atoms with Crippen molar-refractivity contribution in [2.45, 2.75) is 0 Å². The van der Waals surface area contributed by atoms with Gasteiger partial charge >= 0.3 is 60.7 Å². The summed E-state index contributed by atoms with van der Waals surface area (Å²) in [5.74, 6) is 0. The fraction of sp³-hybridized carbons (Fsp3) is 0. The van der Waals surface area contributed by atoms with E-state index in [4.69, 9.17) is 0 Å². The summed E-state index contributed by atoms with van der Waals surface area (Å²) < 4.78 is 0. The van der Waals surface area contributed by atoms with E-state index in [2.05, 4.69) is 0 Å². The van der Waals surface area contributed by atoms with E-state index in [1.54, 1.807) is 0 Å². The third kappa shape index (κ3) is 8.85. The van der Waals surface area contributed by atoms with Crippen LogP contribution in [0.15, 0.2) is 0 Å². The summed E-state index contributed by atoms with van der Waals surface area (Å²) in [6, 6.07) is 0. The Balaban J connectivity index is 0. The maximum atomic E-state index is 0. The zero-order valence-electron chi connectivity index (χ0n) is 3.91. The van der Waals surface area contributed by atoms with E-state index < -0.39 is 0 Å². The van der Waals surface area contributed by atoms with Gasteiger partial charge in [-0.1, -0.05) is 0 Å². The summed E-state index contributed by atoms with van der Waals surface area (Å²) in [5.41, 5.74) is 0. The van der Waals surface area contributed by atoms with Gasteiger partial charge in [0.25, 0.3) is 0 Å². The molecular weight excluding hydrogens is 233 g/mol. The molecule has 0 amide bonds. The Labute approximate surface area is 74.9 Å². The molecule has 0 aliphatic carbocycles. The molecule has 0 nitrogen and oxygen atoms in total. The van der Waals surface area contributed by atoms with Gasteiger partial charge in [-0.25, -0.2) is 0 Å². The van der Waals surface area contributed by atoms with Crippen molar-refractivity contribution in [3.63, 3.8) is 0 Å². The standard InChI is InChI=1S/AsH3.Li.H2S.Sn.3H/h1H3;;1H2;;;;/q;+1;;;;;-1. The molecule has 24 valence electrons. The van der Waals surface area contributed by atoms with Crippen molar-refractivity contribution in [1.29, 1.82) is 0 Å². The molecule has 0 fully saturated rings. The van der Waals surface area contributed by atoms with Gasteiger partial charge in [0.15, 0.2) is 0 Å². The minimum absolute atomic E-state index is 0. The van der Waals surface area contributed by atoms with Crippen LogP contribution < -0.4 is 18.9 Å². The molecule has 0 aromatic rings. The van der Waals surface area contributed by atoms with Crippen LogP contribution in [-0.2, 0) is 0 Å². The first-order chi connectivity index (χ1) is 0. The average Bonchev–Trinajstić information content (AvgIpc) is 0. The maximum absolute atomic E-state index is 0. The second-order valence-electron chi connectivity index (χ2n) is 0. The summed E-state index contributed by atoms with van der Waals surface area (Å²) in [6.07, 6.45) is 0. The number of rotatable bonds is 0. The molecule has 1 atom stereocenters. The summed E-state index contributed by atoms with van der Waals surface area (Å²) in [5, 5.41) is 0. The monoisotopic (exact) mass is 242 g/mol. The Morgan fingerprint density at radius 1 is 1.25 bits per heavy atom. The van der Waals surface area contributed by atoms with Gasteiger partial charge in [-0.05, 0) is 0 Å². The zero-order valence-corrected chi connectivity index (χ0v) is 10.9. The Morgan fingerprint density at radius 2 is 1.25 bits per heavy atom. The van der Waals surface area contributed by atoms with E-state index in [0.717, 1.165) is 0 Å². The van der Waals surface area contributed by atoms with Crippen molar-refractivity contribution >= 4 is 55.4 Å². The van der Waals surface area contributed by atoms with Crippen molar-refractivity contribution in [2.24, 2.45) is 0 Å². The summed E-state index contributed by atoms with van der Waals surface area (Å²) in [4.78, 5) is 0. The normalized spacial score (nSPS) is 0. The van der Waals surface area contributed by atoms with Crippen molar-refractivity contribution in [3.05, 3.63) is 0 Å². The predicted molar refractivity (Wildman–Crippen MR) is 30.0 cm³/mol. The first-order valence-corrected chi connectivity index (χ1v) is 0. The van der Waals surface area contributed by atoms with Crippen LogP contribution in [0.25, 0.3) is 0 Å². The fourth-order valence-corrected chi connectivity index (χ4v) is 0. The van der Waals surface area contributed by atoms with Crippen LogP contribution in [-0.4, -0.2) is 41.9 Å². The van der Waals surface area contributed by atoms with Crippen LogP contribution in [0.4, 0.5) is 0 Å². The third-order valence-electron chi connectivity index (χ3n) is 0. The van der Waals surface area contributed by atoms with Gasteiger partial charge in [0, 0.05) is 0 Å². The fourth-order valence-electron chi connectivity index (χ4n) is 0. The van der Waals surface area contributed by atoms with E-state index >= 15 is 0 Å². The Morgan fingerprint density at radius 3 is 1.25 bits per heavy atom. The van der Waals surface area contributed by atoms with Gasteiger partial charge in [0.05, 0.1) is 0 Å². The van der Waals surface area contributed by atoms with Gasteiger partial charge < -0.3 is 1.43 Å². The van der Waals surface area contributed by atoms with Gasteiger partial charge in [-0.15, -0.1) is 0 Å². The summed E-state index contributed by atoms with van der Waals surface area (Å²) in [6.45, 7) is 0. The van der Waals surface area contributed by atoms with E-state index in [1.165, 1.54) is 0 Å². The van der Waals surface area contributed by atoms with Crippen LogP contribution in [0.3, 0.4) is 0 Å². The number of hydrogen-bond donors (Lipinski definition) is 0. The van der Waals surface area contributed by atoms with E-state index in [0.29, 0.717) is 0 Å². The van der Waals surface area contributed by atoms with Crippen LogP contribution in [0, 0.1) is 0 Å². The van der Waals surface area contributed by atoms with E-state index in [9.17, 15) is 0 Å².